The SMILES string of the molecule is CCCC1=C(Cn2ccnc2-c2ncccc2F)N=CN2NC(c3cccnc3)=NC12. The summed E-state index contributed by atoms with van der Waals surface area (Å²) in [6, 6.07) is 6.81. The molecule has 3 aromatic rings. The number of aromatic nitrogens is 4. The third kappa shape index (κ3) is 3.58. The van der Waals surface area contributed by atoms with Gasteiger partial charge in [-0.25, -0.2) is 29.4 Å². The molecule has 2 aliphatic heterocycles. The van der Waals surface area contributed by atoms with Gasteiger partial charge in [0.2, 0.25) is 0 Å². The molecular formula is C22H21FN8. The summed E-state index contributed by atoms with van der Waals surface area (Å²) in [5.74, 6) is 0.836. The van der Waals surface area contributed by atoms with Gasteiger partial charge in [-0.3, -0.25) is 10.4 Å². The van der Waals surface area contributed by atoms with Crippen molar-refractivity contribution in [2.24, 2.45) is 9.98 Å². The van der Waals surface area contributed by atoms with Crippen LogP contribution in [-0.4, -0.2) is 42.9 Å². The molecule has 5 heterocycles. The summed E-state index contributed by atoms with van der Waals surface area (Å²) in [6.45, 7) is 2.59. The monoisotopic (exact) mass is 416 g/mol. The van der Waals surface area contributed by atoms with Crippen LogP contribution in [0.25, 0.3) is 11.5 Å². The van der Waals surface area contributed by atoms with Crippen molar-refractivity contribution >= 4 is 12.2 Å². The lowest BCUT2D eigenvalue weighted by molar-refractivity contribution is 0.341. The molecule has 9 heteroatoms. The molecule has 0 radical (unpaired) electrons. The molecule has 1 N–H and O–H groups in total. The maximum Gasteiger partial charge on any atom is 0.167 e. The van der Waals surface area contributed by atoms with Crippen molar-refractivity contribution in [2.75, 3.05) is 0 Å². The average molecular weight is 416 g/mol. The highest BCUT2D eigenvalue weighted by Crippen LogP contribution is 2.29. The van der Waals surface area contributed by atoms with Crippen LogP contribution in [0.4, 0.5) is 4.39 Å². The van der Waals surface area contributed by atoms with Gasteiger partial charge >= 0.3 is 0 Å². The number of fused-ring (bicyclic) bond motifs is 1. The van der Waals surface area contributed by atoms with E-state index in [1.54, 1.807) is 37.2 Å². The zero-order valence-corrected chi connectivity index (χ0v) is 17.0. The standard InChI is InChI=1S/C22H21FN8/c1-2-5-16-18(13-30-11-10-26-22(30)19-17(23)7-4-9-25-19)27-14-31-21(16)28-20(29-31)15-6-3-8-24-12-15/h3-4,6-12,14,21H,2,5,13H2,1H3,(H,28,29). The van der Waals surface area contributed by atoms with Crippen molar-refractivity contribution in [1.29, 1.82) is 0 Å². The molecule has 156 valence electrons. The molecule has 0 aromatic carbocycles. The van der Waals surface area contributed by atoms with E-state index in [1.807, 2.05) is 27.9 Å². The number of halogens is 1. The number of amidine groups is 1. The Labute approximate surface area is 178 Å². The summed E-state index contributed by atoms with van der Waals surface area (Å²) >= 11 is 0. The highest BCUT2D eigenvalue weighted by molar-refractivity contribution is 6.00. The van der Waals surface area contributed by atoms with Crippen LogP contribution < -0.4 is 5.43 Å². The van der Waals surface area contributed by atoms with Gasteiger partial charge in [-0.15, -0.1) is 0 Å². The van der Waals surface area contributed by atoms with E-state index in [9.17, 15) is 4.39 Å². The Morgan fingerprint density at radius 1 is 1.13 bits per heavy atom. The fourth-order valence-corrected chi connectivity index (χ4v) is 3.79. The van der Waals surface area contributed by atoms with E-state index in [4.69, 9.17) is 9.98 Å². The van der Waals surface area contributed by atoms with Crippen LogP contribution in [0, 0.1) is 5.82 Å². The predicted octanol–water partition coefficient (Wildman–Crippen LogP) is 3.17. The van der Waals surface area contributed by atoms with E-state index < -0.39 is 5.82 Å². The number of nitrogens with one attached hydrogen (secondary N) is 1. The second-order valence-corrected chi connectivity index (χ2v) is 7.29. The molecule has 5 rings (SSSR count). The molecule has 2 aliphatic rings. The van der Waals surface area contributed by atoms with Crippen molar-refractivity contribution in [1.82, 2.24) is 30.0 Å². The van der Waals surface area contributed by atoms with Gasteiger partial charge in [-0.1, -0.05) is 13.3 Å². The zero-order valence-electron chi connectivity index (χ0n) is 17.0. The molecule has 0 saturated heterocycles. The lowest BCUT2D eigenvalue weighted by Crippen LogP contribution is -2.43. The maximum atomic E-state index is 14.3. The second kappa shape index (κ2) is 8.10. The number of allylic oxidation sites excluding steroid dienone is 1. The molecule has 0 bridgehead atoms. The minimum Gasteiger partial charge on any atom is -0.324 e. The van der Waals surface area contributed by atoms with Gasteiger partial charge in [0, 0.05) is 36.5 Å². The first kappa shape index (κ1) is 19.1. The van der Waals surface area contributed by atoms with Crippen LogP contribution in [-0.2, 0) is 6.54 Å². The third-order valence-electron chi connectivity index (χ3n) is 5.23. The summed E-state index contributed by atoms with van der Waals surface area (Å²) in [7, 11) is 0. The molecule has 1 atom stereocenters. The molecular weight excluding hydrogens is 395 g/mol. The van der Waals surface area contributed by atoms with Crippen molar-refractivity contribution < 1.29 is 4.39 Å². The van der Waals surface area contributed by atoms with E-state index >= 15 is 0 Å². The Morgan fingerprint density at radius 3 is 2.84 bits per heavy atom. The van der Waals surface area contributed by atoms with Gasteiger partial charge < -0.3 is 4.57 Å². The molecule has 8 nitrogen and oxygen atoms in total. The second-order valence-electron chi connectivity index (χ2n) is 7.29. The smallest absolute Gasteiger partial charge is 0.167 e. The number of aliphatic imine (C=N–C) groups is 2. The highest BCUT2D eigenvalue weighted by Gasteiger charge is 2.32. The van der Waals surface area contributed by atoms with Gasteiger partial charge in [0.25, 0.3) is 0 Å². The quantitative estimate of drug-likeness (QED) is 0.667. The molecule has 31 heavy (non-hydrogen) atoms. The lowest BCUT2D eigenvalue weighted by atomic mass is 10.0. The largest absolute Gasteiger partial charge is 0.324 e. The van der Waals surface area contributed by atoms with Crippen LogP contribution in [0.5, 0.6) is 0 Å². The van der Waals surface area contributed by atoms with Crippen LogP contribution in [0.2, 0.25) is 0 Å². The Morgan fingerprint density at radius 2 is 2.03 bits per heavy atom. The fraction of sp³-hybridized carbons (Fsp3) is 0.227. The van der Waals surface area contributed by atoms with Crippen LogP contribution in [0.3, 0.4) is 0 Å². The minimum absolute atomic E-state index is 0.179. The topological polar surface area (TPSA) is 83.6 Å². The van der Waals surface area contributed by atoms with Crippen molar-refractivity contribution in [3.8, 4) is 11.5 Å². The number of pyridine rings is 2. The minimum atomic E-state index is -0.401. The number of hydrazine groups is 1. The average Bonchev–Trinajstić information content (AvgIpc) is 3.44. The summed E-state index contributed by atoms with van der Waals surface area (Å²) in [5.41, 5.74) is 6.47. The number of hydrogen-bond donors (Lipinski definition) is 1. The van der Waals surface area contributed by atoms with E-state index in [-0.39, 0.29) is 11.9 Å². The van der Waals surface area contributed by atoms with E-state index in [0.29, 0.717) is 12.4 Å². The normalized spacial score (nSPS) is 17.5. The number of rotatable bonds is 6. The van der Waals surface area contributed by atoms with E-state index in [1.165, 1.54) is 6.07 Å². The number of imidazole rings is 1. The first-order valence-electron chi connectivity index (χ1n) is 10.2. The van der Waals surface area contributed by atoms with Crippen LogP contribution >= 0.6 is 0 Å². The van der Waals surface area contributed by atoms with Gasteiger partial charge in [-0.05, 0) is 36.3 Å². The van der Waals surface area contributed by atoms with Gasteiger partial charge in [0.15, 0.2) is 23.6 Å². The van der Waals surface area contributed by atoms with E-state index in [0.717, 1.165) is 35.5 Å². The van der Waals surface area contributed by atoms with Crippen molar-refractivity contribution in [3.05, 3.63) is 77.9 Å². The summed E-state index contributed by atoms with van der Waals surface area (Å²) in [6.07, 6.45) is 11.9. The van der Waals surface area contributed by atoms with E-state index in [2.05, 4.69) is 27.3 Å². The zero-order chi connectivity index (χ0) is 21.2. The predicted molar refractivity (Wildman–Crippen MR) is 115 cm³/mol. The summed E-state index contributed by atoms with van der Waals surface area (Å²) < 4.78 is 16.2. The highest BCUT2D eigenvalue weighted by atomic mass is 19.1. The molecule has 0 amide bonds. The molecule has 1 unspecified atom stereocenters. The molecule has 3 aromatic heterocycles. The van der Waals surface area contributed by atoms with Gasteiger partial charge in [-0.2, -0.15) is 0 Å². The Bertz CT molecular complexity index is 1180. The summed E-state index contributed by atoms with van der Waals surface area (Å²) in [4.78, 5) is 22.3. The number of nitrogens with zero attached hydrogens (tertiary/aromatic N) is 7. The Kier molecular flexibility index (Phi) is 4.99. The Balaban J connectivity index is 1.49. The first-order valence-corrected chi connectivity index (χ1v) is 10.2. The Hall–Kier alpha value is -3.88. The van der Waals surface area contributed by atoms with Crippen molar-refractivity contribution in [2.45, 2.75) is 32.5 Å². The maximum absolute atomic E-state index is 14.3. The number of hydrogen-bond acceptors (Lipinski definition) is 7. The van der Waals surface area contributed by atoms with Crippen LogP contribution in [0.1, 0.15) is 25.3 Å². The molecule has 0 saturated carbocycles. The van der Waals surface area contributed by atoms with Gasteiger partial charge in [0.1, 0.15) is 12.0 Å². The fourth-order valence-electron chi connectivity index (χ4n) is 3.79. The van der Waals surface area contributed by atoms with Crippen molar-refractivity contribution in [3.63, 3.8) is 0 Å². The lowest BCUT2D eigenvalue weighted by Gasteiger charge is -2.28. The first-order chi connectivity index (χ1) is 15.2. The molecule has 0 aliphatic carbocycles. The van der Waals surface area contributed by atoms with Crippen LogP contribution in [0.15, 0.2) is 76.5 Å². The molecule has 0 fully saturated rings. The summed E-state index contributed by atoms with van der Waals surface area (Å²) in [5, 5.41) is 1.91. The third-order valence-corrected chi connectivity index (χ3v) is 5.23. The molecule has 0 spiro atoms. The van der Waals surface area contributed by atoms with Gasteiger partial charge in [0.05, 0.1) is 12.2 Å².